The molecule has 2 aromatic rings. The molecule has 20 heteroatoms. The van der Waals surface area contributed by atoms with E-state index in [1.54, 1.807) is 29.2 Å². The lowest BCUT2D eigenvalue weighted by Crippen LogP contribution is -2.59. The highest BCUT2D eigenvalue weighted by atomic mass is 79.9. The minimum Gasteiger partial charge on any atom is -0.481 e. The van der Waals surface area contributed by atoms with Crippen molar-refractivity contribution in [3.8, 4) is 0 Å². The predicted octanol–water partition coefficient (Wildman–Crippen LogP) is 5.67. The molecule has 1 aromatic heterocycles. The average molecular weight is 1080 g/mol. The summed E-state index contributed by atoms with van der Waals surface area (Å²) in [5.41, 5.74) is 6.27. The fourth-order valence-electron chi connectivity index (χ4n) is 8.04. The first-order valence-electron chi connectivity index (χ1n) is 23.1. The number of nitrogens with two attached hydrogens (primary N) is 1. The number of nitrogens with one attached hydrogen (secondary N) is 3. The number of likely N-dealkylation sites (tertiary alicyclic amines) is 1. The van der Waals surface area contributed by atoms with Crippen LogP contribution in [0.2, 0.25) is 0 Å². The number of hydrogen-bond acceptors (Lipinski definition) is 11. The second-order valence-corrected chi connectivity index (χ2v) is 20.6. The van der Waals surface area contributed by atoms with E-state index in [0.717, 1.165) is 29.7 Å². The Labute approximate surface area is 415 Å². The van der Waals surface area contributed by atoms with E-state index in [4.69, 9.17) is 10.5 Å². The molecule has 67 heavy (non-hydrogen) atoms. The van der Waals surface area contributed by atoms with Crippen molar-refractivity contribution >= 4 is 90.6 Å². The third kappa shape index (κ3) is 17.9. The molecule has 372 valence electrons. The number of rotatable bonds is 27. The monoisotopic (exact) mass is 1080 g/mol. The summed E-state index contributed by atoms with van der Waals surface area (Å²) in [5.74, 6) is -5.12. The zero-order valence-electron chi connectivity index (χ0n) is 39.6. The molecule has 9 atom stereocenters. The zero-order valence-corrected chi connectivity index (χ0v) is 43.6. The van der Waals surface area contributed by atoms with Crippen molar-refractivity contribution in [2.75, 3.05) is 20.1 Å². The number of likely N-dealkylation sites (N-methyl/N-ethyl adjacent to an activating group) is 1. The van der Waals surface area contributed by atoms with Crippen molar-refractivity contribution in [2.24, 2.45) is 23.5 Å². The molecule has 1 aliphatic heterocycles. The number of carbonyl (C=O) groups is 8. The van der Waals surface area contributed by atoms with E-state index in [-0.39, 0.29) is 54.5 Å². The predicted molar refractivity (Wildman–Crippen MR) is 262 cm³/mol. The molecule has 0 aliphatic carbocycles. The molecular formula is C47H69Br2N7O10S. The third-order valence-electron chi connectivity index (χ3n) is 12.2. The third-order valence-corrected chi connectivity index (χ3v) is 15.7. The summed E-state index contributed by atoms with van der Waals surface area (Å²) in [6.45, 7) is 11.3. The van der Waals surface area contributed by atoms with E-state index < -0.39 is 75.5 Å². The van der Waals surface area contributed by atoms with Crippen LogP contribution in [0.3, 0.4) is 0 Å². The van der Waals surface area contributed by atoms with Crippen molar-refractivity contribution in [1.29, 1.82) is 0 Å². The van der Waals surface area contributed by atoms with Gasteiger partial charge in [0, 0.05) is 57.4 Å². The van der Waals surface area contributed by atoms with Crippen molar-refractivity contribution in [3.63, 3.8) is 0 Å². The Hall–Kier alpha value is -4.43. The van der Waals surface area contributed by atoms with Crippen molar-refractivity contribution in [3.05, 3.63) is 52.0 Å². The largest absolute Gasteiger partial charge is 0.481 e. The van der Waals surface area contributed by atoms with E-state index in [2.05, 4.69) is 52.8 Å². The highest BCUT2D eigenvalue weighted by Gasteiger charge is 2.39. The molecule has 0 spiro atoms. The highest BCUT2D eigenvalue weighted by molar-refractivity contribution is 9.12. The molecule has 0 radical (unpaired) electrons. The van der Waals surface area contributed by atoms with Crippen molar-refractivity contribution in [1.82, 2.24) is 30.7 Å². The van der Waals surface area contributed by atoms with E-state index >= 15 is 0 Å². The van der Waals surface area contributed by atoms with E-state index in [0.29, 0.717) is 56.6 Å². The van der Waals surface area contributed by atoms with Gasteiger partial charge in [0.2, 0.25) is 29.5 Å². The molecule has 1 saturated heterocycles. The topological polar surface area (TPSA) is 247 Å². The molecule has 1 aliphatic rings. The van der Waals surface area contributed by atoms with Gasteiger partial charge in [0.25, 0.3) is 5.91 Å². The number of esters is 1. The van der Waals surface area contributed by atoms with E-state index in [9.17, 15) is 43.5 Å². The summed E-state index contributed by atoms with van der Waals surface area (Å²) in [6.07, 6.45) is 4.35. The molecule has 1 aromatic carbocycles. The van der Waals surface area contributed by atoms with Crippen molar-refractivity contribution < 1.29 is 48.2 Å². The summed E-state index contributed by atoms with van der Waals surface area (Å²) in [7, 11) is 1.66. The van der Waals surface area contributed by atoms with Crippen LogP contribution in [0.5, 0.6) is 0 Å². The Balaban J connectivity index is 1.71. The molecule has 3 rings (SSSR count). The minimum atomic E-state index is -0.972. The maximum Gasteiger partial charge on any atom is 0.306 e. The Bertz CT molecular complexity index is 1990. The van der Waals surface area contributed by atoms with Crippen molar-refractivity contribution in [2.45, 2.75) is 152 Å². The number of carboxylic acids is 1. The van der Waals surface area contributed by atoms with Crippen LogP contribution in [0.4, 0.5) is 0 Å². The molecule has 2 heterocycles. The summed E-state index contributed by atoms with van der Waals surface area (Å²) in [5, 5.41) is 20.2. The summed E-state index contributed by atoms with van der Waals surface area (Å²) in [6, 6.07) is 6.76. The number of aliphatic carboxylic acids is 1. The normalized spacial score (nSPS) is 17.4. The lowest BCUT2D eigenvalue weighted by atomic mass is 9.92. The first-order valence-corrected chi connectivity index (χ1v) is 25.8. The number of thiazole rings is 1. The number of piperidine rings is 1. The van der Waals surface area contributed by atoms with Gasteiger partial charge in [0.15, 0.2) is 6.10 Å². The van der Waals surface area contributed by atoms with Crippen LogP contribution >= 0.6 is 43.2 Å². The maximum atomic E-state index is 14.5. The number of nitrogens with zero attached hydrogens (tertiary/aromatic N) is 3. The molecule has 1 fully saturated rings. The lowest BCUT2D eigenvalue weighted by molar-refractivity contribution is -0.149. The first kappa shape index (κ1) is 56.9. The highest BCUT2D eigenvalue weighted by Crippen LogP contribution is 2.31. The molecular weight excluding hydrogens is 1010 g/mol. The van der Waals surface area contributed by atoms with E-state index in [1.807, 2.05) is 58.0 Å². The fraction of sp³-hybridized carbons (Fsp3) is 0.638. The van der Waals surface area contributed by atoms with Gasteiger partial charge in [0.05, 0.1) is 5.92 Å². The fourth-order valence-corrected chi connectivity index (χ4v) is 9.54. The van der Waals surface area contributed by atoms with Crippen LogP contribution in [-0.4, -0.2) is 121 Å². The Morgan fingerprint density at radius 3 is 2.27 bits per heavy atom. The number of primary amides is 1. The number of benzene rings is 1. The van der Waals surface area contributed by atoms with Gasteiger partial charge < -0.3 is 41.3 Å². The Kier molecular flexibility index (Phi) is 23.9. The Morgan fingerprint density at radius 2 is 1.66 bits per heavy atom. The van der Waals surface area contributed by atoms with Crippen LogP contribution < -0.4 is 21.7 Å². The molecule has 6 amide bonds. The molecule has 17 nitrogen and oxygen atoms in total. The minimum absolute atomic E-state index is 0.0835. The zero-order chi connectivity index (χ0) is 50.0. The van der Waals surface area contributed by atoms with Gasteiger partial charge in [-0.2, -0.15) is 0 Å². The van der Waals surface area contributed by atoms with Crippen LogP contribution in [0.25, 0.3) is 0 Å². The van der Waals surface area contributed by atoms with Gasteiger partial charge in [-0.25, -0.2) is 4.98 Å². The SMILES string of the molecule is CC[C@H](C)[C@H](NC(=O)[C@H]1CCCCN1C(=O)CCCCCNC(=O)C(Br)C(Br)C(N)=O)C(=O)N(C)[C@H](C[C@@H](OC(C)=O)c1nc(C(=O)N[C@@H](Cc2ccccc2)C[C@H](C)C(=O)O)cs1)C(C)C. The van der Waals surface area contributed by atoms with Gasteiger partial charge >= 0.3 is 11.9 Å². The number of hydrogen-bond donors (Lipinski definition) is 5. The van der Waals surface area contributed by atoms with Gasteiger partial charge in [-0.1, -0.05) is 110 Å². The van der Waals surface area contributed by atoms with Gasteiger partial charge in [-0.3, -0.25) is 38.4 Å². The number of carbonyl (C=O) groups excluding carboxylic acids is 7. The summed E-state index contributed by atoms with van der Waals surface area (Å²) in [4.78, 5) is 110. The number of unbranched alkanes of at least 4 members (excludes halogenated alkanes) is 2. The maximum absolute atomic E-state index is 14.5. The van der Waals surface area contributed by atoms with Gasteiger partial charge in [-0.05, 0) is 62.3 Å². The number of halogens is 2. The van der Waals surface area contributed by atoms with E-state index in [1.165, 1.54) is 6.92 Å². The van der Waals surface area contributed by atoms with Crippen LogP contribution in [-0.2, 0) is 44.7 Å². The van der Waals surface area contributed by atoms with Crippen LogP contribution in [0, 0.1) is 17.8 Å². The molecule has 0 saturated carbocycles. The second-order valence-electron chi connectivity index (χ2n) is 17.8. The Morgan fingerprint density at radius 1 is 0.970 bits per heavy atom. The number of amides is 6. The quantitative estimate of drug-likeness (QED) is 0.0414. The number of ether oxygens (including phenoxy) is 1. The second kappa shape index (κ2) is 28.2. The number of carboxylic acid groups (broad SMARTS) is 1. The molecule has 0 bridgehead atoms. The van der Waals surface area contributed by atoms with Crippen LogP contribution in [0.15, 0.2) is 35.7 Å². The average Bonchev–Trinajstić information content (AvgIpc) is 3.80. The first-order chi connectivity index (χ1) is 31.7. The standard InChI is InChI=1S/C47H69Br2N7O10S/c1-8-28(4)40(54-43(61)34-19-14-16-22-56(34)37(58)20-13-10-15-21-51-44(62)39(49)38(48)41(50)59)46(63)55(7)35(27(2)3)25-36(66-30(6)57)45-53-33(26-67-45)42(60)52-32(23-29(5)47(64)65)24-31-17-11-9-12-18-31/h9,11-12,17-18,26-29,32,34-36,38-40H,8,10,13-16,19-25H2,1-7H3,(H2,50,59)(H,51,62)(H,52,60)(H,54,61)(H,64,65)/t28-,29-,32+,34+,35+,36+,38?,39?,40-/m0/s1. The molecule has 6 N–H and O–H groups in total. The number of aromatic nitrogens is 1. The summed E-state index contributed by atoms with van der Waals surface area (Å²) >= 11 is 7.40. The summed E-state index contributed by atoms with van der Waals surface area (Å²) < 4.78 is 5.80. The van der Waals surface area contributed by atoms with Crippen LogP contribution in [0.1, 0.15) is 133 Å². The molecule has 2 unspecified atom stereocenters. The lowest BCUT2D eigenvalue weighted by Gasteiger charge is -2.39. The number of alkyl halides is 2. The van der Waals surface area contributed by atoms with Gasteiger partial charge in [-0.15, -0.1) is 11.3 Å². The smallest absolute Gasteiger partial charge is 0.306 e. The van der Waals surface area contributed by atoms with Gasteiger partial charge in [0.1, 0.15) is 32.4 Å².